The first-order valence-electron chi connectivity index (χ1n) is 10.0. The molecule has 3 aromatic rings. The quantitative estimate of drug-likeness (QED) is 0.663. The molecule has 0 saturated carbocycles. The molecule has 2 aliphatic heterocycles. The van der Waals surface area contributed by atoms with Crippen LogP contribution >= 0.6 is 0 Å². The van der Waals surface area contributed by atoms with Gasteiger partial charge in [0.15, 0.2) is 5.65 Å². The van der Waals surface area contributed by atoms with Crippen molar-refractivity contribution in [2.24, 2.45) is 5.41 Å². The molecule has 2 aliphatic rings. The number of hydrogen-bond donors (Lipinski definition) is 0. The van der Waals surface area contributed by atoms with Crippen LogP contribution in [0.4, 0.5) is 5.69 Å². The lowest BCUT2D eigenvalue weighted by Gasteiger charge is -2.43. The molecule has 0 radical (unpaired) electrons. The highest BCUT2D eigenvalue weighted by Crippen LogP contribution is 2.35. The Morgan fingerprint density at radius 1 is 1.14 bits per heavy atom. The summed E-state index contributed by atoms with van der Waals surface area (Å²) in [6.07, 6.45) is 10.8. The maximum absolute atomic E-state index is 13.3. The molecule has 1 amide bonds. The Kier molecular flexibility index (Phi) is 4.63. The average Bonchev–Trinajstić information content (AvgIpc) is 3.10. The summed E-state index contributed by atoms with van der Waals surface area (Å²) in [7, 11) is 0. The number of aromatic nitrogens is 4. The number of fused-ring (bicyclic) bond motifs is 1. The van der Waals surface area contributed by atoms with Crippen LogP contribution in [0.25, 0.3) is 5.65 Å². The molecule has 1 spiro atoms. The smallest absolute Gasteiger partial charge is 0.259 e. The molecule has 8 nitrogen and oxygen atoms in total. The standard InChI is InChI=1S/C21H24N6O2/c28-20(18-13-24-27-9-3-7-23-19(18)27)26-8-2-5-21(15-26)14-25(10-11-29-16-21)17-4-1-6-22-12-17/h1,3-4,6-7,9,12-13H,2,5,8,10-11,14-16H2. The number of hydrogen-bond acceptors (Lipinski definition) is 6. The Morgan fingerprint density at radius 2 is 2.10 bits per heavy atom. The van der Waals surface area contributed by atoms with Crippen LogP contribution in [0, 0.1) is 5.41 Å². The van der Waals surface area contributed by atoms with E-state index in [9.17, 15) is 4.79 Å². The molecule has 2 fully saturated rings. The van der Waals surface area contributed by atoms with E-state index in [0.717, 1.165) is 38.2 Å². The molecule has 0 aliphatic carbocycles. The van der Waals surface area contributed by atoms with E-state index in [0.29, 0.717) is 31.0 Å². The lowest BCUT2D eigenvalue weighted by atomic mass is 9.79. The predicted octanol–water partition coefficient (Wildman–Crippen LogP) is 1.88. The molecular weight excluding hydrogens is 368 g/mol. The number of amides is 1. The number of piperidine rings is 1. The second kappa shape index (κ2) is 7.44. The number of carbonyl (C=O) groups excluding carboxylic acids is 1. The van der Waals surface area contributed by atoms with Gasteiger partial charge in [-0.1, -0.05) is 0 Å². The van der Waals surface area contributed by atoms with Gasteiger partial charge in [-0.2, -0.15) is 5.10 Å². The van der Waals surface area contributed by atoms with Crippen molar-refractivity contribution in [3.8, 4) is 0 Å². The molecule has 8 heteroatoms. The maximum atomic E-state index is 13.3. The van der Waals surface area contributed by atoms with Crippen LogP contribution in [0.1, 0.15) is 23.2 Å². The third-order valence-corrected chi connectivity index (χ3v) is 5.91. The van der Waals surface area contributed by atoms with E-state index in [2.05, 4.69) is 26.0 Å². The summed E-state index contributed by atoms with van der Waals surface area (Å²) in [5.41, 5.74) is 2.18. The molecule has 5 heterocycles. The summed E-state index contributed by atoms with van der Waals surface area (Å²) in [5.74, 6) is -0.00468. The second-order valence-electron chi connectivity index (χ2n) is 7.96. The molecule has 2 saturated heterocycles. The summed E-state index contributed by atoms with van der Waals surface area (Å²) >= 11 is 0. The van der Waals surface area contributed by atoms with Crippen molar-refractivity contribution in [2.75, 3.05) is 44.3 Å². The van der Waals surface area contributed by atoms with Crippen molar-refractivity contribution < 1.29 is 9.53 Å². The number of rotatable bonds is 2. The van der Waals surface area contributed by atoms with E-state index in [4.69, 9.17) is 4.74 Å². The Balaban J connectivity index is 1.39. The lowest BCUT2D eigenvalue weighted by molar-refractivity contribution is 0.0136. The SMILES string of the molecule is O=C(c1cnn2cccnc12)N1CCCC2(COCCN(c3cccnc3)C2)C1. The normalized spacial score (nSPS) is 22.8. The zero-order chi connectivity index (χ0) is 19.7. The van der Waals surface area contributed by atoms with Gasteiger partial charge in [0, 0.05) is 50.2 Å². The number of likely N-dealkylation sites (tertiary alicyclic amines) is 1. The van der Waals surface area contributed by atoms with Gasteiger partial charge in [-0.05, 0) is 31.0 Å². The summed E-state index contributed by atoms with van der Waals surface area (Å²) in [6, 6.07) is 5.85. The van der Waals surface area contributed by atoms with Crippen LogP contribution in [0.2, 0.25) is 0 Å². The summed E-state index contributed by atoms with van der Waals surface area (Å²) in [5, 5.41) is 4.27. The van der Waals surface area contributed by atoms with Crippen molar-refractivity contribution in [3.63, 3.8) is 0 Å². The number of nitrogens with zero attached hydrogens (tertiary/aromatic N) is 6. The van der Waals surface area contributed by atoms with Crippen LogP contribution in [0.5, 0.6) is 0 Å². The summed E-state index contributed by atoms with van der Waals surface area (Å²) in [6.45, 7) is 4.46. The van der Waals surface area contributed by atoms with Crippen molar-refractivity contribution in [1.82, 2.24) is 24.5 Å². The lowest BCUT2D eigenvalue weighted by Crippen LogP contribution is -2.52. The van der Waals surface area contributed by atoms with E-state index in [1.165, 1.54) is 0 Å². The van der Waals surface area contributed by atoms with Crippen molar-refractivity contribution in [1.29, 1.82) is 0 Å². The largest absolute Gasteiger partial charge is 0.379 e. The van der Waals surface area contributed by atoms with Gasteiger partial charge < -0.3 is 14.5 Å². The topological polar surface area (TPSA) is 75.9 Å². The average molecular weight is 392 g/mol. The van der Waals surface area contributed by atoms with Gasteiger partial charge in [0.05, 0.1) is 31.3 Å². The molecule has 0 bridgehead atoms. The highest BCUT2D eigenvalue weighted by molar-refractivity contribution is 5.99. The third-order valence-electron chi connectivity index (χ3n) is 5.91. The van der Waals surface area contributed by atoms with E-state index in [-0.39, 0.29) is 11.3 Å². The molecule has 3 aromatic heterocycles. The number of anilines is 1. The summed E-state index contributed by atoms with van der Waals surface area (Å²) < 4.78 is 7.64. The molecular formula is C21H24N6O2. The number of pyridine rings is 1. The van der Waals surface area contributed by atoms with E-state index in [1.54, 1.807) is 29.2 Å². The van der Waals surface area contributed by atoms with Crippen molar-refractivity contribution in [3.05, 3.63) is 54.7 Å². The molecule has 0 aromatic carbocycles. The van der Waals surface area contributed by atoms with Crippen LogP contribution in [-0.4, -0.2) is 69.8 Å². The molecule has 1 unspecified atom stereocenters. The minimum atomic E-state index is -0.0867. The molecule has 150 valence electrons. The predicted molar refractivity (Wildman–Crippen MR) is 108 cm³/mol. The van der Waals surface area contributed by atoms with Crippen molar-refractivity contribution >= 4 is 17.2 Å². The minimum Gasteiger partial charge on any atom is -0.379 e. The van der Waals surface area contributed by atoms with Crippen LogP contribution < -0.4 is 4.90 Å². The van der Waals surface area contributed by atoms with Gasteiger partial charge in [0.25, 0.3) is 5.91 Å². The fraction of sp³-hybridized carbons (Fsp3) is 0.429. The highest BCUT2D eigenvalue weighted by atomic mass is 16.5. The fourth-order valence-corrected chi connectivity index (χ4v) is 4.53. The maximum Gasteiger partial charge on any atom is 0.259 e. The zero-order valence-corrected chi connectivity index (χ0v) is 16.3. The molecule has 0 N–H and O–H groups in total. The second-order valence-corrected chi connectivity index (χ2v) is 7.96. The van der Waals surface area contributed by atoms with E-state index in [1.807, 2.05) is 23.4 Å². The zero-order valence-electron chi connectivity index (χ0n) is 16.3. The monoisotopic (exact) mass is 392 g/mol. The van der Waals surface area contributed by atoms with Crippen LogP contribution in [0.3, 0.4) is 0 Å². The molecule has 29 heavy (non-hydrogen) atoms. The van der Waals surface area contributed by atoms with Gasteiger partial charge in [-0.25, -0.2) is 9.50 Å². The van der Waals surface area contributed by atoms with E-state index >= 15 is 0 Å². The molecule has 1 atom stereocenters. The Labute approximate surface area is 169 Å². The first-order valence-corrected chi connectivity index (χ1v) is 10.0. The van der Waals surface area contributed by atoms with Crippen molar-refractivity contribution in [2.45, 2.75) is 12.8 Å². The number of ether oxygens (including phenoxy) is 1. The third kappa shape index (κ3) is 3.44. The van der Waals surface area contributed by atoms with E-state index < -0.39 is 0 Å². The first kappa shape index (κ1) is 18.1. The highest BCUT2D eigenvalue weighted by Gasteiger charge is 2.41. The Bertz CT molecular complexity index is 1010. The minimum absolute atomic E-state index is 0.00468. The number of carbonyl (C=O) groups is 1. The van der Waals surface area contributed by atoms with Gasteiger partial charge in [-0.15, -0.1) is 0 Å². The Hall–Kier alpha value is -3.00. The summed E-state index contributed by atoms with van der Waals surface area (Å²) in [4.78, 5) is 26.2. The first-order chi connectivity index (χ1) is 14.2. The molecule has 5 rings (SSSR count). The Morgan fingerprint density at radius 3 is 3.00 bits per heavy atom. The fourth-order valence-electron chi connectivity index (χ4n) is 4.53. The van der Waals surface area contributed by atoms with Gasteiger partial charge in [0.2, 0.25) is 0 Å². The van der Waals surface area contributed by atoms with Crippen LogP contribution in [-0.2, 0) is 4.74 Å². The van der Waals surface area contributed by atoms with Gasteiger partial charge in [0.1, 0.15) is 5.56 Å². The van der Waals surface area contributed by atoms with Gasteiger partial charge in [-0.3, -0.25) is 9.78 Å². The van der Waals surface area contributed by atoms with Crippen LogP contribution in [0.15, 0.2) is 49.2 Å². The van der Waals surface area contributed by atoms with Gasteiger partial charge >= 0.3 is 0 Å².